The Morgan fingerprint density at radius 1 is 1.17 bits per heavy atom. The highest BCUT2D eigenvalue weighted by atomic mass is 16.5. The van der Waals surface area contributed by atoms with Crippen molar-refractivity contribution in [3.8, 4) is 17.0 Å². The number of ether oxygens (including phenoxy) is 1. The number of benzene rings is 2. The Hall–Kier alpha value is -3.41. The van der Waals surface area contributed by atoms with Gasteiger partial charge in [-0.25, -0.2) is 4.98 Å². The van der Waals surface area contributed by atoms with E-state index in [-0.39, 0.29) is 5.96 Å². The van der Waals surface area contributed by atoms with Crippen molar-refractivity contribution in [3.05, 3.63) is 59.7 Å². The van der Waals surface area contributed by atoms with E-state index in [0.29, 0.717) is 40.4 Å². The van der Waals surface area contributed by atoms with Crippen LogP contribution in [0.25, 0.3) is 22.2 Å². The van der Waals surface area contributed by atoms with E-state index in [1.807, 2.05) is 49.4 Å². The number of nitrogens with two attached hydrogens (primary N) is 2. The van der Waals surface area contributed by atoms with Gasteiger partial charge in [0.15, 0.2) is 5.96 Å². The lowest BCUT2D eigenvalue weighted by molar-refractivity contribution is 0.100. The van der Waals surface area contributed by atoms with Crippen molar-refractivity contribution < 1.29 is 9.53 Å². The number of aryl methyl sites for hydroxylation is 1. The zero-order valence-electron chi connectivity index (χ0n) is 17.7. The monoisotopic (exact) mass is 404 g/mol. The summed E-state index contributed by atoms with van der Waals surface area (Å²) in [7, 11) is 0. The largest absolute Gasteiger partial charge is 0.491 e. The smallest absolute Gasteiger partial charge is 0.280 e. The van der Waals surface area contributed by atoms with Crippen molar-refractivity contribution in [1.29, 1.82) is 0 Å². The normalized spacial score (nSPS) is 11.8. The molecule has 0 aliphatic carbocycles. The van der Waals surface area contributed by atoms with Crippen molar-refractivity contribution in [2.45, 2.75) is 33.6 Å². The summed E-state index contributed by atoms with van der Waals surface area (Å²) in [5, 5.41) is 0.656. The number of amides is 1. The Balaban J connectivity index is 2.18. The first-order chi connectivity index (χ1) is 14.4. The van der Waals surface area contributed by atoms with Crippen LogP contribution in [0.3, 0.4) is 0 Å². The molecule has 1 heterocycles. The first-order valence-electron chi connectivity index (χ1n) is 10.2. The molecule has 1 aromatic heterocycles. The van der Waals surface area contributed by atoms with E-state index in [1.54, 1.807) is 6.07 Å². The van der Waals surface area contributed by atoms with Crippen molar-refractivity contribution in [3.63, 3.8) is 0 Å². The van der Waals surface area contributed by atoms with Gasteiger partial charge in [-0.3, -0.25) is 4.79 Å². The van der Waals surface area contributed by atoms with Crippen LogP contribution in [0, 0.1) is 12.8 Å². The zero-order valence-corrected chi connectivity index (χ0v) is 17.7. The van der Waals surface area contributed by atoms with Gasteiger partial charge in [0.1, 0.15) is 11.3 Å². The number of para-hydroxylation sites is 1. The Morgan fingerprint density at radius 2 is 1.93 bits per heavy atom. The minimum Gasteiger partial charge on any atom is -0.491 e. The van der Waals surface area contributed by atoms with Gasteiger partial charge in [0, 0.05) is 10.9 Å². The van der Waals surface area contributed by atoms with Gasteiger partial charge in [-0.15, -0.1) is 0 Å². The summed E-state index contributed by atoms with van der Waals surface area (Å²) >= 11 is 0. The number of carbonyl (C=O) groups is 1. The zero-order chi connectivity index (χ0) is 21.7. The van der Waals surface area contributed by atoms with E-state index < -0.39 is 5.91 Å². The van der Waals surface area contributed by atoms with Crippen LogP contribution >= 0.6 is 0 Å². The average Bonchev–Trinajstić information content (AvgIpc) is 2.71. The Kier molecular flexibility index (Phi) is 6.67. The number of fused-ring (bicyclic) bond motifs is 1. The van der Waals surface area contributed by atoms with Gasteiger partial charge in [0.05, 0.1) is 17.9 Å². The van der Waals surface area contributed by atoms with Gasteiger partial charge in [-0.2, -0.15) is 4.99 Å². The summed E-state index contributed by atoms with van der Waals surface area (Å²) in [5.41, 5.74) is 14.6. The fraction of sp³-hybridized carbons (Fsp3) is 0.292. The third kappa shape index (κ3) is 4.76. The van der Waals surface area contributed by atoms with Crippen molar-refractivity contribution in [2.24, 2.45) is 22.4 Å². The van der Waals surface area contributed by atoms with E-state index in [0.717, 1.165) is 24.0 Å². The number of aromatic nitrogens is 1. The van der Waals surface area contributed by atoms with Gasteiger partial charge in [-0.05, 0) is 37.0 Å². The quantitative estimate of drug-likeness (QED) is 0.447. The first kappa shape index (κ1) is 21.3. The molecular formula is C24H28N4O2. The Morgan fingerprint density at radius 3 is 2.63 bits per heavy atom. The molecule has 0 radical (unpaired) electrons. The topological polar surface area (TPSA) is 104 Å². The first-order valence-corrected chi connectivity index (χ1v) is 10.2. The van der Waals surface area contributed by atoms with Crippen molar-refractivity contribution in [2.75, 3.05) is 6.61 Å². The van der Waals surface area contributed by atoms with Gasteiger partial charge in [-0.1, -0.05) is 56.7 Å². The molecule has 0 fully saturated rings. The second-order valence-electron chi connectivity index (χ2n) is 7.57. The summed E-state index contributed by atoms with van der Waals surface area (Å²) < 4.78 is 6.11. The number of hydrogen-bond donors (Lipinski definition) is 2. The predicted octanol–water partition coefficient (Wildman–Crippen LogP) is 4.44. The fourth-order valence-electron chi connectivity index (χ4n) is 3.50. The molecule has 30 heavy (non-hydrogen) atoms. The Bertz CT molecular complexity index is 1090. The molecule has 2 aromatic carbocycles. The van der Waals surface area contributed by atoms with Crippen molar-refractivity contribution in [1.82, 2.24) is 4.98 Å². The van der Waals surface area contributed by atoms with Crippen LogP contribution in [0.2, 0.25) is 0 Å². The molecular weight excluding hydrogens is 376 g/mol. The van der Waals surface area contributed by atoms with E-state index in [1.165, 1.54) is 0 Å². The van der Waals surface area contributed by atoms with Crippen LogP contribution < -0.4 is 16.2 Å². The number of guanidine groups is 1. The maximum atomic E-state index is 12.8. The molecule has 3 aromatic rings. The van der Waals surface area contributed by atoms with Crippen LogP contribution in [0.15, 0.2) is 53.5 Å². The number of hydrogen-bond acceptors (Lipinski definition) is 3. The molecule has 6 nitrogen and oxygen atoms in total. The molecule has 1 atom stereocenters. The maximum absolute atomic E-state index is 12.8. The highest BCUT2D eigenvalue weighted by molar-refractivity contribution is 6.11. The minimum absolute atomic E-state index is 0.275. The third-order valence-electron chi connectivity index (χ3n) is 4.99. The SMILES string of the molecule is CCCC(C)COc1cccc2c(C(=O)N=C(N)N)cc(-c3ccccc3C)nc12. The van der Waals surface area contributed by atoms with Crippen LogP contribution in [-0.2, 0) is 0 Å². The van der Waals surface area contributed by atoms with E-state index >= 15 is 0 Å². The van der Waals surface area contributed by atoms with Crippen LogP contribution in [0.1, 0.15) is 42.6 Å². The van der Waals surface area contributed by atoms with Gasteiger partial charge in [0.2, 0.25) is 0 Å². The lowest BCUT2D eigenvalue weighted by Crippen LogP contribution is -2.24. The highest BCUT2D eigenvalue weighted by Crippen LogP contribution is 2.32. The third-order valence-corrected chi connectivity index (χ3v) is 4.99. The van der Waals surface area contributed by atoms with E-state index in [2.05, 4.69) is 18.8 Å². The van der Waals surface area contributed by atoms with Crippen LogP contribution in [0.4, 0.5) is 0 Å². The van der Waals surface area contributed by atoms with Crippen LogP contribution in [0.5, 0.6) is 5.75 Å². The fourth-order valence-corrected chi connectivity index (χ4v) is 3.50. The lowest BCUT2D eigenvalue weighted by atomic mass is 10.0. The molecule has 156 valence electrons. The number of aliphatic imine (C=N–C) groups is 1. The molecule has 0 saturated heterocycles. The summed E-state index contributed by atoms with van der Waals surface area (Å²) in [6, 6.07) is 15.2. The average molecular weight is 405 g/mol. The molecule has 0 spiro atoms. The van der Waals surface area contributed by atoms with Gasteiger partial charge < -0.3 is 16.2 Å². The van der Waals surface area contributed by atoms with Gasteiger partial charge >= 0.3 is 0 Å². The molecule has 6 heteroatoms. The second kappa shape index (κ2) is 9.39. The summed E-state index contributed by atoms with van der Waals surface area (Å²) in [5.74, 6) is 0.286. The number of carbonyl (C=O) groups excluding carboxylic acids is 1. The number of pyridine rings is 1. The van der Waals surface area contributed by atoms with Crippen molar-refractivity contribution >= 4 is 22.8 Å². The molecule has 0 bridgehead atoms. The standard InChI is InChI=1S/C24H28N4O2/c1-4-8-15(2)14-30-21-12-7-11-18-19(23(29)28-24(25)26)13-20(27-22(18)21)17-10-6-5-9-16(17)3/h5-7,9-13,15H,4,8,14H2,1-3H3,(H4,25,26,28,29). The predicted molar refractivity (Wildman–Crippen MR) is 122 cm³/mol. The molecule has 0 saturated carbocycles. The lowest BCUT2D eigenvalue weighted by Gasteiger charge is -2.15. The molecule has 3 rings (SSSR count). The molecule has 0 aliphatic rings. The summed E-state index contributed by atoms with van der Waals surface area (Å²) in [4.78, 5) is 21.4. The summed E-state index contributed by atoms with van der Waals surface area (Å²) in [6.07, 6.45) is 2.19. The molecule has 4 N–H and O–H groups in total. The minimum atomic E-state index is -0.506. The second-order valence-corrected chi connectivity index (χ2v) is 7.57. The molecule has 1 unspecified atom stereocenters. The van der Waals surface area contributed by atoms with E-state index in [9.17, 15) is 4.79 Å². The van der Waals surface area contributed by atoms with Gasteiger partial charge in [0.25, 0.3) is 5.91 Å². The van der Waals surface area contributed by atoms with Crippen LogP contribution in [-0.4, -0.2) is 23.5 Å². The highest BCUT2D eigenvalue weighted by Gasteiger charge is 2.17. The molecule has 0 aliphatic heterocycles. The summed E-state index contributed by atoms with van der Waals surface area (Å²) in [6.45, 7) is 6.91. The Labute approximate surface area is 177 Å². The van der Waals surface area contributed by atoms with E-state index in [4.69, 9.17) is 21.2 Å². The number of rotatable bonds is 7. The molecule has 1 amide bonds. The number of nitrogens with zero attached hydrogens (tertiary/aromatic N) is 2. The maximum Gasteiger partial charge on any atom is 0.280 e.